The van der Waals surface area contributed by atoms with Gasteiger partial charge in [-0.05, 0) is 77.4 Å². The van der Waals surface area contributed by atoms with Crippen molar-refractivity contribution in [3.05, 3.63) is 0 Å². The van der Waals surface area contributed by atoms with Gasteiger partial charge in [-0.15, -0.1) is 0 Å². The molecule has 0 aromatic rings. The van der Waals surface area contributed by atoms with E-state index in [-0.39, 0.29) is 0 Å². The zero-order chi connectivity index (χ0) is 11.9. The Hall–Kier alpha value is -0.120. The molecule has 2 rings (SSSR count). The van der Waals surface area contributed by atoms with Gasteiger partial charge >= 0.3 is 0 Å². The lowest BCUT2D eigenvalue weighted by Gasteiger charge is -2.35. The van der Waals surface area contributed by atoms with E-state index in [2.05, 4.69) is 22.0 Å². The molecule has 2 heterocycles. The molecule has 0 atom stereocenters. The largest absolute Gasteiger partial charge is 0.317 e. The second-order valence-electron chi connectivity index (χ2n) is 5.64. The van der Waals surface area contributed by atoms with Crippen molar-refractivity contribution in [3.63, 3.8) is 0 Å². The van der Waals surface area contributed by atoms with Crippen molar-refractivity contribution in [3.8, 4) is 0 Å². The van der Waals surface area contributed by atoms with Crippen molar-refractivity contribution in [2.24, 2.45) is 5.92 Å². The zero-order valence-corrected chi connectivity index (χ0v) is 11.5. The van der Waals surface area contributed by atoms with Crippen LogP contribution in [0, 0.1) is 5.92 Å². The second-order valence-corrected chi connectivity index (χ2v) is 5.64. The molecule has 1 N–H and O–H groups in total. The Bertz CT molecular complexity index is 192. The molecule has 0 aromatic carbocycles. The van der Waals surface area contributed by atoms with E-state index in [4.69, 9.17) is 0 Å². The average molecular weight is 239 g/mol. The first kappa shape index (κ1) is 13.3. The highest BCUT2D eigenvalue weighted by Crippen LogP contribution is 2.18. The van der Waals surface area contributed by atoms with E-state index < -0.39 is 0 Å². The van der Waals surface area contributed by atoms with E-state index in [1.165, 1.54) is 78.0 Å². The maximum Gasteiger partial charge on any atom is 0.00106 e. The monoisotopic (exact) mass is 239 g/mol. The summed E-state index contributed by atoms with van der Waals surface area (Å²) >= 11 is 0. The van der Waals surface area contributed by atoms with Crippen molar-refractivity contribution < 1.29 is 0 Å². The lowest BCUT2D eigenvalue weighted by molar-refractivity contribution is 0.143. The van der Waals surface area contributed by atoms with Crippen LogP contribution >= 0.6 is 0 Å². The van der Waals surface area contributed by atoms with E-state index >= 15 is 0 Å². The molecule has 0 aromatic heterocycles. The molecule has 0 unspecified atom stereocenters. The quantitative estimate of drug-likeness (QED) is 0.803. The predicted octanol–water partition coefficient (Wildman–Crippen LogP) is 1.40. The minimum Gasteiger partial charge on any atom is -0.317 e. The van der Waals surface area contributed by atoms with Gasteiger partial charge in [0.2, 0.25) is 0 Å². The van der Waals surface area contributed by atoms with Gasteiger partial charge in [-0.25, -0.2) is 0 Å². The fourth-order valence-corrected chi connectivity index (χ4v) is 3.13. The van der Waals surface area contributed by atoms with E-state index in [0.717, 1.165) is 5.92 Å². The molecule has 0 aliphatic carbocycles. The van der Waals surface area contributed by atoms with Crippen LogP contribution < -0.4 is 5.32 Å². The van der Waals surface area contributed by atoms with E-state index in [9.17, 15) is 0 Å². The number of hydrogen-bond acceptors (Lipinski definition) is 3. The Kier molecular flexibility index (Phi) is 5.75. The molecule has 2 saturated heterocycles. The minimum absolute atomic E-state index is 0.963. The summed E-state index contributed by atoms with van der Waals surface area (Å²) < 4.78 is 0. The summed E-state index contributed by atoms with van der Waals surface area (Å²) in [7, 11) is 0. The Balaban J connectivity index is 1.68. The Morgan fingerprint density at radius 3 is 2.18 bits per heavy atom. The van der Waals surface area contributed by atoms with Crippen LogP contribution in [0.15, 0.2) is 0 Å². The minimum atomic E-state index is 0.963. The normalized spacial score (nSPS) is 26.6. The van der Waals surface area contributed by atoms with E-state index in [1.54, 1.807) is 0 Å². The first-order chi connectivity index (χ1) is 8.38. The highest BCUT2D eigenvalue weighted by Gasteiger charge is 2.20. The fraction of sp³-hybridized carbons (Fsp3) is 1.00. The molecule has 0 bridgehead atoms. The Morgan fingerprint density at radius 2 is 1.59 bits per heavy atom. The molecule has 0 radical (unpaired) electrons. The van der Waals surface area contributed by atoms with Gasteiger partial charge in [0.05, 0.1) is 0 Å². The lowest BCUT2D eigenvalue weighted by atomic mass is 9.96. The van der Waals surface area contributed by atoms with Crippen molar-refractivity contribution >= 4 is 0 Å². The van der Waals surface area contributed by atoms with Crippen LogP contribution in [0.5, 0.6) is 0 Å². The summed E-state index contributed by atoms with van der Waals surface area (Å²) in [6.45, 7) is 12.6. The van der Waals surface area contributed by atoms with E-state index in [1.807, 2.05) is 0 Å². The van der Waals surface area contributed by atoms with Gasteiger partial charge in [-0.2, -0.15) is 0 Å². The SMILES string of the molecule is CCN1CCC(CN2CCCNCCC2)CC1. The van der Waals surface area contributed by atoms with Gasteiger partial charge in [0.1, 0.15) is 0 Å². The van der Waals surface area contributed by atoms with Gasteiger partial charge in [0.15, 0.2) is 0 Å². The van der Waals surface area contributed by atoms with Crippen LogP contribution in [0.3, 0.4) is 0 Å². The summed E-state index contributed by atoms with van der Waals surface area (Å²) in [5.74, 6) is 0.963. The lowest BCUT2D eigenvalue weighted by Crippen LogP contribution is -2.41. The molecular weight excluding hydrogens is 210 g/mol. The second kappa shape index (κ2) is 7.34. The molecule has 3 heteroatoms. The number of piperidine rings is 1. The molecular formula is C14H29N3. The van der Waals surface area contributed by atoms with Crippen LogP contribution in [0.2, 0.25) is 0 Å². The zero-order valence-electron chi connectivity index (χ0n) is 11.5. The van der Waals surface area contributed by atoms with Crippen molar-refractivity contribution in [2.45, 2.75) is 32.6 Å². The molecule has 100 valence electrons. The van der Waals surface area contributed by atoms with Gasteiger partial charge in [-0.3, -0.25) is 0 Å². The summed E-state index contributed by atoms with van der Waals surface area (Å²) in [5.41, 5.74) is 0. The molecule has 2 aliphatic rings. The van der Waals surface area contributed by atoms with Crippen molar-refractivity contribution in [1.82, 2.24) is 15.1 Å². The first-order valence-electron chi connectivity index (χ1n) is 7.54. The van der Waals surface area contributed by atoms with Crippen LogP contribution in [0.1, 0.15) is 32.6 Å². The summed E-state index contributed by atoms with van der Waals surface area (Å²) in [4.78, 5) is 5.31. The highest BCUT2D eigenvalue weighted by atomic mass is 15.1. The standard InChI is InChI=1S/C14H29N3/c1-2-16-11-5-14(6-12-16)13-17-9-3-7-15-8-4-10-17/h14-15H,2-13H2,1H3. The summed E-state index contributed by atoms with van der Waals surface area (Å²) in [6.07, 6.45) is 5.49. The van der Waals surface area contributed by atoms with Crippen LogP contribution in [0.4, 0.5) is 0 Å². The summed E-state index contributed by atoms with van der Waals surface area (Å²) in [5, 5.41) is 3.49. The van der Waals surface area contributed by atoms with Crippen molar-refractivity contribution in [1.29, 1.82) is 0 Å². The number of nitrogens with one attached hydrogen (secondary N) is 1. The molecule has 17 heavy (non-hydrogen) atoms. The number of hydrogen-bond donors (Lipinski definition) is 1. The third kappa shape index (κ3) is 4.57. The number of likely N-dealkylation sites (tertiary alicyclic amines) is 1. The van der Waals surface area contributed by atoms with Crippen molar-refractivity contribution in [2.75, 3.05) is 52.4 Å². The molecule has 2 fully saturated rings. The summed E-state index contributed by atoms with van der Waals surface area (Å²) in [6, 6.07) is 0. The first-order valence-corrected chi connectivity index (χ1v) is 7.54. The van der Waals surface area contributed by atoms with Gasteiger partial charge in [0, 0.05) is 6.54 Å². The molecule has 3 nitrogen and oxygen atoms in total. The molecule has 0 amide bonds. The maximum absolute atomic E-state index is 3.49. The molecule has 0 spiro atoms. The maximum atomic E-state index is 3.49. The molecule has 2 aliphatic heterocycles. The smallest absolute Gasteiger partial charge is 0.00106 e. The van der Waals surface area contributed by atoms with Crippen LogP contribution in [-0.2, 0) is 0 Å². The Morgan fingerprint density at radius 1 is 0.941 bits per heavy atom. The fourth-order valence-electron chi connectivity index (χ4n) is 3.13. The van der Waals surface area contributed by atoms with Gasteiger partial charge in [0.25, 0.3) is 0 Å². The van der Waals surface area contributed by atoms with Gasteiger partial charge in [-0.1, -0.05) is 6.92 Å². The molecule has 0 saturated carbocycles. The average Bonchev–Trinajstić information content (AvgIpc) is 2.33. The van der Waals surface area contributed by atoms with E-state index in [0.29, 0.717) is 0 Å². The topological polar surface area (TPSA) is 18.5 Å². The predicted molar refractivity (Wildman–Crippen MR) is 73.4 cm³/mol. The number of rotatable bonds is 3. The number of nitrogens with zero attached hydrogens (tertiary/aromatic N) is 2. The van der Waals surface area contributed by atoms with Crippen LogP contribution in [0.25, 0.3) is 0 Å². The third-order valence-corrected chi connectivity index (χ3v) is 4.33. The van der Waals surface area contributed by atoms with Gasteiger partial charge < -0.3 is 15.1 Å². The van der Waals surface area contributed by atoms with Crippen LogP contribution in [-0.4, -0.2) is 62.2 Å². The highest BCUT2D eigenvalue weighted by molar-refractivity contribution is 4.75. The Labute approximate surface area is 107 Å². The third-order valence-electron chi connectivity index (χ3n) is 4.33.